The molecule has 0 N–H and O–H groups in total. The summed E-state index contributed by atoms with van der Waals surface area (Å²) < 4.78 is 6.35. The molecule has 5 nitrogen and oxygen atoms in total. The lowest BCUT2D eigenvalue weighted by molar-refractivity contribution is -0.118. The Kier molecular flexibility index (Phi) is 11.0. The van der Waals surface area contributed by atoms with Crippen molar-refractivity contribution in [1.29, 1.82) is 0 Å². The van der Waals surface area contributed by atoms with E-state index >= 15 is 0 Å². The Morgan fingerprint density at radius 1 is 1.06 bits per heavy atom. The van der Waals surface area contributed by atoms with Gasteiger partial charge in [0, 0.05) is 17.9 Å². The van der Waals surface area contributed by atoms with Crippen LogP contribution in [-0.4, -0.2) is 55.8 Å². The number of hydrogen-bond acceptors (Lipinski definition) is 6. The molecule has 0 bridgehead atoms. The number of benzene rings is 2. The molecule has 3 aromatic rings. The van der Waals surface area contributed by atoms with Crippen LogP contribution in [-0.2, 0) is 4.79 Å². The molecule has 0 aliphatic carbocycles. The van der Waals surface area contributed by atoms with E-state index in [1.54, 1.807) is 30.2 Å². The van der Waals surface area contributed by atoms with Gasteiger partial charge in [-0.15, -0.1) is 24.2 Å². The average molecular weight is 508 g/mol. The van der Waals surface area contributed by atoms with E-state index in [1.807, 2.05) is 17.0 Å². The fourth-order valence-corrected chi connectivity index (χ4v) is 5.32. The fraction of sp³-hybridized carbons (Fsp3) is 0.440. The highest BCUT2D eigenvalue weighted by Gasteiger charge is 2.19. The van der Waals surface area contributed by atoms with Crippen molar-refractivity contribution in [3.8, 4) is 5.75 Å². The first-order valence-electron chi connectivity index (χ1n) is 11.0. The third-order valence-electron chi connectivity index (χ3n) is 5.37. The predicted molar refractivity (Wildman–Crippen MR) is 145 cm³/mol. The fourth-order valence-electron chi connectivity index (χ4n) is 3.38. The highest BCUT2D eigenvalue weighted by Crippen LogP contribution is 2.31. The van der Waals surface area contributed by atoms with Gasteiger partial charge in [0.25, 0.3) is 0 Å². The standard InChI is InChI=1S/C25H33N3O2S2.ClH/c1-18-16-22-23(17-19(18)2)32-25(26-22)28(14-7-13-27(3)4)24(29)8-6-15-31-21-11-9-20(30-5)10-12-21;/h9-12,16-17H,6-8,13-15H2,1-5H3;1H. The van der Waals surface area contributed by atoms with Crippen LogP contribution in [0.4, 0.5) is 5.13 Å². The maximum atomic E-state index is 13.2. The number of halogens is 1. The number of carbonyl (C=O) groups is 1. The third-order valence-corrected chi connectivity index (χ3v) is 7.51. The Balaban J connectivity index is 0.00000385. The normalized spacial score (nSPS) is 11.0. The average Bonchev–Trinajstić information content (AvgIpc) is 3.16. The van der Waals surface area contributed by atoms with Crippen LogP contribution >= 0.6 is 35.5 Å². The van der Waals surface area contributed by atoms with Gasteiger partial charge in [0.2, 0.25) is 5.91 Å². The lowest BCUT2D eigenvalue weighted by Crippen LogP contribution is -2.33. The van der Waals surface area contributed by atoms with E-state index < -0.39 is 0 Å². The van der Waals surface area contributed by atoms with Gasteiger partial charge in [0.1, 0.15) is 5.75 Å². The summed E-state index contributed by atoms with van der Waals surface area (Å²) in [6.45, 7) is 5.86. The maximum Gasteiger partial charge on any atom is 0.228 e. The summed E-state index contributed by atoms with van der Waals surface area (Å²) >= 11 is 3.39. The number of aromatic nitrogens is 1. The molecule has 3 rings (SSSR count). The summed E-state index contributed by atoms with van der Waals surface area (Å²) in [5.41, 5.74) is 3.47. The van der Waals surface area contributed by atoms with E-state index in [1.165, 1.54) is 16.0 Å². The molecule has 1 amide bonds. The monoisotopic (exact) mass is 507 g/mol. The summed E-state index contributed by atoms with van der Waals surface area (Å²) in [5.74, 6) is 1.92. The zero-order valence-electron chi connectivity index (χ0n) is 20.1. The molecular formula is C25H34ClN3O2S2. The molecule has 0 aliphatic heterocycles. The number of rotatable bonds is 11. The minimum atomic E-state index is 0. The van der Waals surface area contributed by atoms with Crippen LogP contribution < -0.4 is 9.64 Å². The van der Waals surface area contributed by atoms with Gasteiger partial charge in [-0.05, 0) is 101 Å². The van der Waals surface area contributed by atoms with Crippen molar-refractivity contribution in [2.75, 3.05) is 44.9 Å². The van der Waals surface area contributed by atoms with Gasteiger partial charge in [-0.1, -0.05) is 11.3 Å². The Morgan fingerprint density at radius 2 is 1.76 bits per heavy atom. The molecule has 0 atom stereocenters. The van der Waals surface area contributed by atoms with Crippen molar-refractivity contribution >= 4 is 56.8 Å². The van der Waals surface area contributed by atoms with E-state index in [9.17, 15) is 4.79 Å². The molecular weight excluding hydrogens is 474 g/mol. The third kappa shape index (κ3) is 7.88. The Morgan fingerprint density at radius 3 is 2.42 bits per heavy atom. The van der Waals surface area contributed by atoms with Crippen molar-refractivity contribution in [2.45, 2.75) is 38.0 Å². The number of amides is 1. The second-order valence-corrected chi connectivity index (χ2v) is 10.4. The van der Waals surface area contributed by atoms with Crippen LogP contribution in [0.15, 0.2) is 41.3 Å². The Hall–Kier alpha value is -1.80. The number of carbonyl (C=O) groups excluding carboxylic acids is 1. The van der Waals surface area contributed by atoms with Gasteiger partial charge in [-0.25, -0.2) is 4.98 Å². The number of aryl methyl sites for hydroxylation is 2. The Bertz CT molecular complexity index is 999. The smallest absolute Gasteiger partial charge is 0.228 e. The quantitative estimate of drug-likeness (QED) is 0.228. The first-order valence-corrected chi connectivity index (χ1v) is 12.8. The summed E-state index contributed by atoms with van der Waals surface area (Å²) in [6, 6.07) is 12.4. The van der Waals surface area contributed by atoms with E-state index in [0.717, 1.165) is 46.2 Å². The molecule has 0 saturated carbocycles. The zero-order chi connectivity index (χ0) is 23.1. The number of nitrogens with zero attached hydrogens (tertiary/aromatic N) is 3. The molecule has 1 aromatic heterocycles. The van der Waals surface area contributed by atoms with Crippen LogP contribution in [0.3, 0.4) is 0 Å². The molecule has 8 heteroatoms. The molecule has 0 saturated heterocycles. The number of thioether (sulfide) groups is 1. The molecule has 180 valence electrons. The number of methoxy groups -OCH3 is 1. The molecule has 2 aromatic carbocycles. The molecule has 0 fully saturated rings. The summed E-state index contributed by atoms with van der Waals surface area (Å²) in [7, 11) is 5.80. The summed E-state index contributed by atoms with van der Waals surface area (Å²) in [5, 5.41) is 0.816. The Labute approximate surface area is 211 Å². The second kappa shape index (κ2) is 13.2. The highest BCUT2D eigenvalue weighted by atomic mass is 35.5. The predicted octanol–water partition coefficient (Wildman–Crippen LogP) is 6.20. The summed E-state index contributed by atoms with van der Waals surface area (Å²) in [6.07, 6.45) is 2.29. The molecule has 1 heterocycles. The molecule has 0 spiro atoms. The number of ether oxygens (including phenoxy) is 1. The first-order chi connectivity index (χ1) is 15.4. The van der Waals surface area contributed by atoms with Crippen LogP contribution in [0, 0.1) is 13.8 Å². The first kappa shape index (κ1) is 27.4. The molecule has 0 unspecified atom stereocenters. The highest BCUT2D eigenvalue weighted by molar-refractivity contribution is 7.99. The van der Waals surface area contributed by atoms with Crippen molar-refractivity contribution in [1.82, 2.24) is 9.88 Å². The van der Waals surface area contributed by atoms with Gasteiger partial charge in [-0.2, -0.15) is 0 Å². The second-order valence-electron chi connectivity index (χ2n) is 8.23. The van der Waals surface area contributed by atoms with Gasteiger partial charge in [-0.3, -0.25) is 9.69 Å². The van der Waals surface area contributed by atoms with Crippen LogP contribution in [0.2, 0.25) is 0 Å². The largest absolute Gasteiger partial charge is 0.497 e. The van der Waals surface area contributed by atoms with E-state index in [0.29, 0.717) is 13.0 Å². The van der Waals surface area contributed by atoms with Gasteiger partial charge in [0.05, 0.1) is 17.3 Å². The van der Waals surface area contributed by atoms with E-state index in [-0.39, 0.29) is 18.3 Å². The number of anilines is 1. The molecule has 33 heavy (non-hydrogen) atoms. The molecule has 0 aliphatic rings. The lowest BCUT2D eigenvalue weighted by Gasteiger charge is -2.21. The topological polar surface area (TPSA) is 45.7 Å². The van der Waals surface area contributed by atoms with Crippen molar-refractivity contribution in [3.63, 3.8) is 0 Å². The number of fused-ring (bicyclic) bond motifs is 1. The van der Waals surface area contributed by atoms with Crippen LogP contribution in [0.5, 0.6) is 5.75 Å². The number of hydrogen-bond donors (Lipinski definition) is 0. The van der Waals surface area contributed by atoms with Gasteiger partial charge in [0.15, 0.2) is 5.13 Å². The number of thiazole rings is 1. The van der Waals surface area contributed by atoms with E-state index in [2.05, 4.69) is 57.1 Å². The summed E-state index contributed by atoms with van der Waals surface area (Å²) in [4.78, 5) is 23.2. The van der Waals surface area contributed by atoms with E-state index in [4.69, 9.17) is 9.72 Å². The minimum absolute atomic E-state index is 0. The van der Waals surface area contributed by atoms with Crippen LogP contribution in [0.1, 0.15) is 30.4 Å². The SMILES string of the molecule is COc1ccc(SCCCC(=O)N(CCCN(C)C)c2nc3cc(C)c(C)cc3s2)cc1.Cl. The minimum Gasteiger partial charge on any atom is -0.497 e. The van der Waals surface area contributed by atoms with Crippen LogP contribution in [0.25, 0.3) is 10.2 Å². The van der Waals surface area contributed by atoms with Crippen molar-refractivity contribution in [3.05, 3.63) is 47.5 Å². The lowest BCUT2D eigenvalue weighted by atomic mass is 10.1. The van der Waals surface area contributed by atoms with Crippen molar-refractivity contribution < 1.29 is 9.53 Å². The maximum absolute atomic E-state index is 13.2. The molecule has 0 radical (unpaired) electrons. The van der Waals surface area contributed by atoms with Crippen molar-refractivity contribution in [2.24, 2.45) is 0 Å². The van der Waals surface area contributed by atoms with Gasteiger partial charge < -0.3 is 9.64 Å². The van der Waals surface area contributed by atoms with Gasteiger partial charge >= 0.3 is 0 Å². The zero-order valence-corrected chi connectivity index (χ0v) is 22.5.